The molecule has 0 saturated carbocycles. The lowest BCUT2D eigenvalue weighted by Gasteiger charge is -2.09. The van der Waals surface area contributed by atoms with Crippen molar-refractivity contribution in [3.05, 3.63) is 81.1 Å². The molecule has 6 aromatic heterocycles. The Morgan fingerprint density at radius 3 is 1.67 bits per heavy atom. The lowest BCUT2D eigenvalue weighted by molar-refractivity contribution is 0.397. The summed E-state index contributed by atoms with van der Waals surface area (Å²) in [5.74, 6) is 0.138. The van der Waals surface area contributed by atoms with Gasteiger partial charge in [-0.15, -0.1) is 22.7 Å². The van der Waals surface area contributed by atoms with Gasteiger partial charge in [-0.2, -0.15) is 11.3 Å². The number of ether oxygens (including phenoxy) is 3. The lowest BCUT2D eigenvalue weighted by atomic mass is 10.6. The van der Waals surface area contributed by atoms with Crippen LogP contribution in [0.25, 0.3) is 0 Å². The van der Waals surface area contributed by atoms with Gasteiger partial charge in [-0.25, -0.2) is 55.2 Å². The zero-order chi connectivity index (χ0) is 42.1. The molecule has 0 spiro atoms. The lowest BCUT2D eigenvalue weighted by Crippen LogP contribution is -2.14. The molecule has 306 valence electrons. The number of nitrogens with one attached hydrogen (secondary N) is 3. The Morgan fingerprint density at radius 2 is 1.19 bits per heavy atom. The van der Waals surface area contributed by atoms with Gasteiger partial charge >= 0.3 is 0 Å². The molecule has 30 heteroatoms. The smallest absolute Gasteiger partial charge is 0.273 e. The monoisotopic (exact) mass is 1150 g/mol. The summed E-state index contributed by atoms with van der Waals surface area (Å²) in [6.07, 6.45) is 3.99. The molecule has 18 nitrogen and oxygen atoms in total. The highest BCUT2D eigenvalue weighted by molar-refractivity contribution is 9.11. The zero-order valence-electron chi connectivity index (χ0n) is 28.3. The van der Waals surface area contributed by atoms with E-state index in [1.807, 2.05) is 0 Å². The number of rotatable bonds is 12. The molecule has 0 amide bonds. The maximum Gasteiger partial charge on any atom is 0.273 e. The average molecular weight is 1150 g/mol. The van der Waals surface area contributed by atoms with Gasteiger partial charge in [-0.3, -0.25) is 14.2 Å². The highest BCUT2D eigenvalue weighted by atomic mass is 79.9. The topological polar surface area (TPSA) is 244 Å². The molecule has 6 rings (SSSR count). The van der Waals surface area contributed by atoms with Crippen molar-refractivity contribution in [1.29, 1.82) is 0 Å². The standard InChI is InChI=1S/C9H6Br2ClN3O3S2.C9H8BrN3O3S2.C9H7Cl2N3O3S2/c1-18-8-7(13-3-5(11)14-8)15-20(16,17)9-4(10)2-6(12)19-9;1-16-9-8(11-4-7(10)12-9)13-18(14,15)6-2-3-17-5-6;1-17-9-8(13-5(10)4-12-9)14-19(15,16)7-3-2-6(11)18-7/h2-3H,1H3,(H,13,15);2-5H,1H3,(H,11,13);2-4H,1H3,(H,13,14). The summed E-state index contributed by atoms with van der Waals surface area (Å²) in [6.45, 7) is 0. The van der Waals surface area contributed by atoms with Gasteiger partial charge in [0.2, 0.25) is 17.5 Å². The van der Waals surface area contributed by atoms with E-state index < -0.39 is 30.1 Å². The third kappa shape index (κ3) is 13.1. The number of nitrogens with zero attached hydrogens (tertiary/aromatic N) is 6. The molecule has 0 aromatic carbocycles. The SMILES string of the molecule is COc1nc(Br)cnc1NS(=O)(=O)c1ccsc1.COc1nc(Br)cnc1NS(=O)(=O)c1sc(Cl)cc1Br.COc1ncc(Cl)nc1NS(=O)(=O)c1ccc(Cl)s1. The second-order valence-electron chi connectivity index (χ2n) is 9.67. The van der Waals surface area contributed by atoms with E-state index in [0.29, 0.717) is 22.4 Å². The summed E-state index contributed by atoms with van der Waals surface area (Å²) >= 11 is 29.7. The van der Waals surface area contributed by atoms with E-state index >= 15 is 0 Å². The fourth-order valence-electron chi connectivity index (χ4n) is 3.59. The first-order chi connectivity index (χ1) is 26.8. The second-order valence-corrected chi connectivity index (χ2v) is 22.2. The van der Waals surface area contributed by atoms with Crippen molar-refractivity contribution in [2.75, 3.05) is 35.5 Å². The molecular formula is C27H21Br3Cl3N9O9S6. The normalized spacial score (nSPS) is 11.3. The number of thiophene rings is 3. The summed E-state index contributed by atoms with van der Waals surface area (Å²) in [5, 5.41) is 3.25. The van der Waals surface area contributed by atoms with Crippen LogP contribution in [0.2, 0.25) is 13.8 Å². The van der Waals surface area contributed by atoms with E-state index in [-0.39, 0.29) is 53.6 Å². The summed E-state index contributed by atoms with van der Waals surface area (Å²) < 4.78 is 96.4. The highest BCUT2D eigenvalue weighted by Crippen LogP contribution is 2.36. The van der Waals surface area contributed by atoms with Crippen LogP contribution in [0.1, 0.15) is 0 Å². The molecule has 6 aromatic rings. The van der Waals surface area contributed by atoms with E-state index in [1.54, 1.807) is 5.38 Å². The first-order valence-corrected chi connectivity index (χ1v) is 24.8. The molecule has 0 atom stereocenters. The molecule has 3 N–H and O–H groups in total. The van der Waals surface area contributed by atoms with Crippen molar-refractivity contribution in [2.24, 2.45) is 0 Å². The Bertz CT molecular complexity index is 2680. The Kier molecular flexibility index (Phi) is 16.9. The van der Waals surface area contributed by atoms with Crippen molar-refractivity contribution in [1.82, 2.24) is 29.9 Å². The number of hydrogen-bond acceptors (Lipinski definition) is 18. The Labute approximate surface area is 377 Å². The van der Waals surface area contributed by atoms with Gasteiger partial charge in [0.05, 0.1) is 58.0 Å². The van der Waals surface area contributed by atoms with Gasteiger partial charge in [-0.1, -0.05) is 34.8 Å². The number of hydrogen-bond donors (Lipinski definition) is 3. The van der Waals surface area contributed by atoms with Crippen molar-refractivity contribution in [2.45, 2.75) is 13.3 Å². The average Bonchev–Trinajstić information content (AvgIpc) is 3.93. The fraction of sp³-hybridized carbons (Fsp3) is 0.111. The molecule has 0 aliphatic rings. The minimum atomic E-state index is -3.83. The van der Waals surface area contributed by atoms with Gasteiger partial charge in [0.1, 0.15) is 18.6 Å². The summed E-state index contributed by atoms with van der Waals surface area (Å²) in [5.41, 5.74) is 0. The van der Waals surface area contributed by atoms with Gasteiger partial charge in [0, 0.05) is 5.38 Å². The van der Waals surface area contributed by atoms with E-state index in [4.69, 9.17) is 49.0 Å². The van der Waals surface area contributed by atoms with E-state index in [2.05, 4.69) is 91.9 Å². The zero-order valence-corrected chi connectivity index (χ0v) is 40.2. The van der Waals surface area contributed by atoms with E-state index in [9.17, 15) is 25.3 Å². The van der Waals surface area contributed by atoms with Crippen LogP contribution in [0.3, 0.4) is 0 Å². The van der Waals surface area contributed by atoms with Crippen LogP contribution in [-0.4, -0.2) is 76.5 Å². The quantitative estimate of drug-likeness (QED) is 0.104. The van der Waals surface area contributed by atoms with Gasteiger partial charge in [0.25, 0.3) is 47.7 Å². The van der Waals surface area contributed by atoms with Crippen molar-refractivity contribution in [3.8, 4) is 17.6 Å². The van der Waals surface area contributed by atoms with Gasteiger partial charge in [-0.05, 0) is 77.4 Å². The second kappa shape index (κ2) is 20.5. The first-order valence-electron chi connectivity index (χ1n) is 14.3. The van der Waals surface area contributed by atoms with Crippen LogP contribution in [0, 0.1) is 0 Å². The number of anilines is 3. The molecule has 6 heterocycles. The minimum Gasteiger partial charge on any atom is -0.478 e. The molecule has 0 aliphatic carbocycles. The van der Waals surface area contributed by atoms with Crippen molar-refractivity contribution in [3.63, 3.8) is 0 Å². The third-order valence-corrected chi connectivity index (χ3v) is 16.4. The Hall–Kier alpha value is -2.70. The van der Waals surface area contributed by atoms with E-state index in [1.165, 1.54) is 80.9 Å². The highest BCUT2D eigenvalue weighted by Gasteiger charge is 2.24. The summed E-state index contributed by atoms with van der Waals surface area (Å²) in [4.78, 5) is 23.6. The minimum absolute atomic E-state index is 0.00729. The first kappa shape index (κ1) is 47.0. The number of aromatic nitrogens is 6. The molecule has 0 unspecified atom stereocenters. The van der Waals surface area contributed by atoms with Crippen molar-refractivity contribution >= 4 is 164 Å². The van der Waals surface area contributed by atoms with Crippen molar-refractivity contribution < 1.29 is 39.5 Å². The summed E-state index contributed by atoms with van der Waals surface area (Å²) in [7, 11) is -7.18. The van der Waals surface area contributed by atoms with Crippen LogP contribution >= 0.6 is 117 Å². The predicted molar refractivity (Wildman–Crippen MR) is 229 cm³/mol. The Morgan fingerprint density at radius 1 is 0.632 bits per heavy atom. The molecule has 0 radical (unpaired) electrons. The van der Waals surface area contributed by atoms with E-state index in [0.717, 1.165) is 22.7 Å². The van der Waals surface area contributed by atoms with Crippen LogP contribution in [0.4, 0.5) is 17.5 Å². The molecule has 0 saturated heterocycles. The van der Waals surface area contributed by atoms with Gasteiger partial charge in [0.15, 0.2) is 4.21 Å². The molecular weight excluding hydrogens is 1130 g/mol. The Balaban J connectivity index is 0.000000190. The molecule has 0 bridgehead atoms. The fourth-order valence-corrected chi connectivity index (χ4v) is 12.8. The van der Waals surface area contributed by atoms with Crippen LogP contribution < -0.4 is 28.4 Å². The summed E-state index contributed by atoms with van der Waals surface area (Å²) in [6, 6.07) is 5.89. The van der Waals surface area contributed by atoms with Gasteiger partial charge < -0.3 is 14.2 Å². The number of sulfonamides is 3. The molecule has 0 aliphatic heterocycles. The van der Waals surface area contributed by atoms with Crippen LogP contribution in [-0.2, 0) is 30.1 Å². The molecule has 57 heavy (non-hydrogen) atoms. The van der Waals surface area contributed by atoms with Crippen LogP contribution in [0.15, 0.2) is 80.6 Å². The number of halogens is 6. The van der Waals surface area contributed by atoms with Crippen LogP contribution in [0.5, 0.6) is 17.6 Å². The largest absolute Gasteiger partial charge is 0.478 e. The predicted octanol–water partition coefficient (Wildman–Crippen LogP) is 8.29. The molecule has 0 fully saturated rings. The maximum absolute atomic E-state index is 12.3. The number of methoxy groups -OCH3 is 3. The maximum atomic E-state index is 12.3. The third-order valence-electron chi connectivity index (χ3n) is 5.89.